The number of carbonyl (C=O) groups excluding carboxylic acids is 1. The molecule has 1 heterocycles. The van der Waals surface area contributed by atoms with Gasteiger partial charge in [0.1, 0.15) is 0 Å². The third kappa shape index (κ3) is 3.62. The van der Waals surface area contributed by atoms with E-state index >= 15 is 0 Å². The van der Waals surface area contributed by atoms with Crippen molar-refractivity contribution in [2.24, 2.45) is 5.41 Å². The zero-order valence-electron chi connectivity index (χ0n) is 9.18. The van der Waals surface area contributed by atoms with E-state index in [0.29, 0.717) is 26.2 Å². The highest BCUT2D eigenvalue weighted by atomic mass is 16.6. The summed E-state index contributed by atoms with van der Waals surface area (Å²) in [5.74, 6) is -0.418. The van der Waals surface area contributed by atoms with Crippen molar-refractivity contribution in [3.63, 3.8) is 0 Å². The van der Waals surface area contributed by atoms with Crippen LogP contribution in [0.1, 0.15) is 13.3 Å². The molecule has 1 aliphatic heterocycles. The topological polar surface area (TPSA) is 78.7 Å². The average Bonchev–Trinajstić information content (AvgIpc) is 2.13. The van der Waals surface area contributed by atoms with Crippen molar-refractivity contribution >= 4 is 5.97 Å². The van der Waals surface area contributed by atoms with Gasteiger partial charge >= 0.3 is 5.97 Å². The second-order valence-electron chi connectivity index (χ2n) is 3.84. The first-order valence-electron chi connectivity index (χ1n) is 5.11. The Kier molecular flexibility index (Phi) is 4.42. The molecule has 0 spiro atoms. The molecule has 0 atom stereocenters. The van der Waals surface area contributed by atoms with Crippen LogP contribution in [0, 0.1) is 15.5 Å². The fourth-order valence-electron chi connectivity index (χ4n) is 1.53. The fourth-order valence-corrected chi connectivity index (χ4v) is 1.53. The number of rotatable bonds is 6. The van der Waals surface area contributed by atoms with E-state index in [1.54, 1.807) is 13.0 Å². The molecule has 1 saturated heterocycles. The monoisotopic (exact) mass is 229 g/mol. The molecule has 0 amide bonds. The lowest BCUT2D eigenvalue weighted by molar-refractivity contribution is -0.507. The van der Waals surface area contributed by atoms with Crippen LogP contribution in [0.15, 0.2) is 12.2 Å². The lowest BCUT2D eigenvalue weighted by Gasteiger charge is -2.37. The highest BCUT2D eigenvalue weighted by Gasteiger charge is 2.42. The summed E-state index contributed by atoms with van der Waals surface area (Å²) >= 11 is 0. The largest absolute Gasteiger partial charge is 0.463 e. The second kappa shape index (κ2) is 5.60. The number of carbonyl (C=O) groups is 1. The van der Waals surface area contributed by atoms with Gasteiger partial charge in [-0.3, -0.25) is 10.1 Å². The summed E-state index contributed by atoms with van der Waals surface area (Å²) in [6.07, 6.45) is 3.39. The maximum Gasteiger partial charge on any atom is 0.330 e. The van der Waals surface area contributed by atoms with Crippen LogP contribution in [-0.2, 0) is 14.3 Å². The molecule has 0 unspecified atom stereocenters. The number of hydrogen-bond acceptors (Lipinski definition) is 5. The van der Waals surface area contributed by atoms with Gasteiger partial charge in [0.05, 0.1) is 25.2 Å². The Labute approximate surface area is 93.4 Å². The summed E-state index contributed by atoms with van der Waals surface area (Å²) in [5, 5.41) is 10.4. The van der Waals surface area contributed by atoms with Crippen LogP contribution in [0.3, 0.4) is 0 Å². The molecule has 16 heavy (non-hydrogen) atoms. The van der Waals surface area contributed by atoms with E-state index in [0.717, 1.165) is 0 Å². The SMILES string of the molecule is CCOC(=O)C=CCC1(C[N+](=O)[O-])COC1. The Hall–Kier alpha value is -1.43. The highest BCUT2D eigenvalue weighted by molar-refractivity contribution is 5.81. The van der Waals surface area contributed by atoms with Gasteiger partial charge < -0.3 is 9.47 Å². The molecule has 1 aliphatic rings. The van der Waals surface area contributed by atoms with Crippen LogP contribution in [-0.4, -0.2) is 37.3 Å². The van der Waals surface area contributed by atoms with Crippen LogP contribution in [0.5, 0.6) is 0 Å². The summed E-state index contributed by atoms with van der Waals surface area (Å²) in [5.41, 5.74) is -0.438. The predicted molar refractivity (Wildman–Crippen MR) is 55.5 cm³/mol. The molecular formula is C10H15NO5. The molecule has 0 saturated carbocycles. The summed E-state index contributed by atoms with van der Waals surface area (Å²) in [6, 6.07) is 0. The minimum Gasteiger partial charge on any atom is -0.463 e. The standard InChI is InChI=1S/C10H15NO5/c1-2-16-9(12)4-3-5-10(6-11(13)14)7-15-8-10/h3-4H,2,5-8H2,1H3. The minimum absolute atomic E-state index is 0.125. The van der Waals surface area contributed by atoms with E-state index in [4.69, 9.17) is 9.47 Å². The number of esters is 1. The Balaban J connectivity index is 2.39. The molecular weight excluding hydrogens is 214 g/mol. The smallest absolute Gasteiger partial charge is 0.330 e. The van der Waals surface area contributed by atoms with E-state index in [2.05, 4.69) is 0 Å². The first-order chi connectivity index (χ1) is 7.58. The van der Waals surface area contributed by atoms with Crippen molar-refractivity contribution in [2.45, 2.75) is 13.3 Å². The summed E-state index contributed by atoms with van der Waals surface area (Å²) in [6.45, 7) is 2.68. The molecule has 6 nitrogen and oxygen atoms in total. The van der Waals surface area contributed by atoms with Crippen LogP contribution in [0.2, 0.25) is 0 Å². The molecule has 0 N–H and O–H groups in total. The Morgan fingerprint density at radius 1 is 1.62 bits per heavy atom. The molecule has 0 aliphatic carbocycles. The first kappa shape index (κ1) is 12.6. The average molecular weight is 229 g/mol. The molecule has 0 radical (unpaired) electrons. The second-order valence-corrected chi connectivity index (χ2v) is 3.84. The van der Waals surface area contributed by atoms with Gasteiger partial charge in [0, 0.05) is 11.0 Å². The van der Waals surface area contributed by atoms with Gasteiger partial charge in [0.2, 0.25) is 6.54 Å². The zero-order chi connectivity index (χ0) is 12.0. The van der Waals surface area contributed by atoms with Gasteiger partial charge in [-0.05, 0) is 13.3 Å². The zero-order valence-corrected chi connectivity index (χ0v) is 9.18. The first-order valence-corrected chi connectivity index (χ1v) is 5.11. The maximum absolute atomic E-state index is 11.0. The summed E-state index contributed by atoms with van der Waals surface area (Å²) in [4.78, 5) is 21.1. The lowest BCUT2D eigenvalue weighted by Crippen LogP contribution is -2.47. The van der Waals surface area contributed by atoms with Crippen molar-refractivity contribution in [3.05, 3.63) is 22.3 Å². The third-order valence-corrected chi connectivity index (χ3v) is 2.37. The van der Waals surface area contributed by atoms with Gasteiger partial charge in [-0.15, -0.1) is 0 Å². The number of nitro groups is 1. The molecule has 1 fully saturated rings. The van der Waals surface area contributed by atoms with Crippen molar-refractivity contribution in [2.75, 3.05) is 26.4 Å². The molecule has 0 aromatic rings. The molecule has 0 bridgehead atoms. The molecule has 6 heteroatoms. The van der Waals surface area contributed by atoms with E-state index in [9.17, 15) is 14.9 Å². The number of ether oxygens (including phenoxy) is 2. The summed E-state index contributed by atoms with van der Waals surface area (Å²) < 4.78 is 9.69. The van der Waals surface area contributed by atoms with E-state index in [1.165, 1.54) is 6.08 Å². The fraction of sp³-hybridized carbons (Fsp3) is 0.700. The molecule has 0 aromatic carbocycles. The quantitative estimate of drug-likeness (QED) is 0.291. The number of allylic oxidation sites excluding steroid dienone is 1. The van der Waals surface area contributed by atoms with Crippen LogP contribution in [0.4, 0.5) is 0 Å². The molecule has 90 valence electrons. The van der Waals surface area contributed by atoms with Gasteiger partial charge in [-0.25, -0.2) is 4.79 Å². The van der Waals surface area contributed by atoms with E-state index < -0.39 is 11.4 Å². The van der Waals surface area contributed by atoms with Crippen molar-refractivity contribution in [1.29, 1.82) is 0 Å². The molecule has 0 aromatic heterocycles. The Morgan fingerprint density at radius 3 is 2.75 bits per heavy atom. The van der Waals surface area contributed by atoms with Crippen LogP contribution < -0.4 is 0 Å². The van der Waals surface area contributed by atoms with Gasteiger partial charge in [-0.1, -0.05) is 6.08 Å². The predicted octanol–water partition coefficient (Wildman–Crippen LogP) is 0.789. The van der Waals surface area contributed by atoms with Gasteiger partial charge in [-0.2, -0.15) is 0 Å². The van der Waals surface area contributed by atoms with E-state index in [1.807, 2.05) is 0 Å². The number of nitrogens with zero attached hydrogens (tertiary/aromatic N) is 1. The van der Waals surface area contributed by atoms with Gasteiger partial charge in [0.15, 0.2) is 0 Å². The van der Waals surface area contributed by atoms with Crippen LogP contribution >= 0.6 is 0 Å². The van der Waals surface area contributed by atoms with Crippen LogP contribution in [0.25, 0.3) is 0 Å². The minimum atomic E-state index is -0.438. The van der Waals surface area contributed by atoms with E-state index in [-0.39, 0.29) is 11.5 Å². The third-order valence-electron chi connectivity index (χ3n) is 2.37. The number of hydrogen-bond donors (Lipinski definition) is 0. The Morgan fingerprint density at radius 2 is 2.31 bits per heavy atom. The maximum atomic E-state index is 11.0. The molecule has 1 rings (SSSR count). The normalized spacial score (nSPS) is 18.1. The lowest BCUT2D eigenvalue weighted by atomic mass is 9.82. The van der Waals surface area contributed by atoms with Crippen molar-refractivity contribution < 1.29 is 19.2 Å². The van der Waals surface area contributed by atoms with Crippen molar-refractivity contribution in [1.82, 2.24) is 0 Å². The van der Waals surface area contributed by atoms with Crippen molar-refractivity contribution in [3.8, 4) is 0 Å². The summed E-state index contributed by atoms with van der Waals surface area (Å²) in [7, 11) is 0. The highest BCUT2D eigenvalue weighted by Crippen LogP contribution is 2.31. The Bertz CT molecular complexity index is 296. The van der Waals surface area contributed by atoms with Gasteiger partial charge in [0.25, 0.3) is 0 Å².